The van der Waals surface area contributed by atoms with Gasteiger partial charge in [0.1, 0.15) is 0 Å². The summed E-state index contributed by atoms with van der Waals surface area (Å²) in [5.74, 6) is 1.48. The van der Waals surface area contributed by atoms with Crippen molar-refractivity contribution < 1.29 is 9.47 Å². The number of nitrogens with zero attached hydrogens (tertiary/aromatic N) is 1. The quantitative estimate of drug-likeness (QED) is 0.866. The molecule has 2 aromatic rings. The Bertz CT molecular complexity index is 535. The number of anilines is 1. The van der Waals surface area contributed by atoms with E-state index in [9.17, 15) is 0 Å². The Morgan fingerprint density at radius 3 is 2.58 bits per heavy atom. The minimum atomic E-state index is 0.735. The van der Waals surface area contributed by atoms with Crippen molar-refractivity contribution in [1.29, 1.82) is 0 Å². The van der Waals surface area contributed by atoms with E-state index in [0.717, 1.165) is 30.3 Å². The van der Waals surface area contributed by atoms with Crippen molar-refractivity contribution in [3.05, 3.63) is 42.2 Å². The first-order valence-corrected chi connectivity index (χ1v) is 6.38. The van der Waals surface area contributed by atoms with Crippen LogP contribution in [0, 0.1) is 0 Å². The largest absolute Gasteiger partial charge is 0.493 e. The van der Waals surface area contributed by atoms with Crippen molar-refractivity contribution in [2.45, 2.75) is 20.0 Å². The maximum Gasteiger partial charge on any atom is 0.162 e. The molecule has 0 amide bonds. The fourth-order valence-corrected chi connectivity index (χ4v) is 2.06. The monoisotopic (exact) mass is 260 g/mol. The van der Waals surface area contributed by atoms with Gasteiger partial charge in [-0.2, -0.15) is 0 Å². The highest BCUT2D eigenvalue weighted by Gasteiger charge is 2.05. The second-order valence-corrected chi connectivity index (χ2v) is 4.21. The second kappa shape index (κ2) is 6.18. The van der Waals surface area contributed by atoms with Crippen LogP contribution in [0.4, 0.5) is 5.69 Å². The topological polar surface area (TPSA) is 35.4 Å². The molecule has 1 heterocycles. The number of ether oxygens (including phenoxy) is 2. The van der Waals surface area contributed by atoms with Gasteiger partial charge >= 0.3 is 0 Å². The summed E-state index contributed by atoms with van der Waals surface area (Å²) in [5, 5.41) is 3.39. The Balaban J connectivity index is 2.07. The molecule has 1 aromatic carbocycles. The number of rotatable bonds is 6. The van der Waals surface area contributed by atoms with Crippen LogP contribution < -0.4 is 14.8 Å². The van der Waals surface area contributed by atoms with Crippen molar-refractivity contribution in [2.75, 3.05) is 19.5 Å². The van der Waals surface area contributed by atoms with Crippen LogP contribution in [0.25, 0.3) is 0 Å². The molecule has 2 rings (SSSR count). The molecule has 0 spiro atoms. The van der Waals surface area contributed by atoms with Gasteiger partial charge < -0.3 is 19.4 Å². The maximum absolute atomic E-state index is 5.29. The first-order valence-electron chi connectivity index (χ1n) is 6.38. The molecule has 0 saturated carbocycles. The number of methoxy groups -OCH3 is 2. The lowest BCUT2D eigenvalue weighted by Crippen LogP contribution is -2.06. The minimum absolute atomic E-state index is 0.735. The van der Waals surface area contributed by atoms with E-state index < -0.39 is 0 Å². The average Bonchev–Trinajstić information content (AvgIpc) is 2.92. The SMILES string of the molecule is CCn1cccc1CNc1ccc(OC)c(OC)c1. The summed E-state index contributed by atoms with van der Waals surface area (Å²) in [6.07, 6.45) is 2.09. The highest BCUT2D eigenvalue weighted by atomic mass is 16.5. The van der Waals surface area contributed by atoms with Crippen LogP contribution in [-0.4, -0.2) is 18.8 Å². The number of hydrogen-bond acceptors (Lipinski definition) is 3. The van der Waals surface area contributed by atoms with Gasteiger partial charge in [-0.15, -0.1) is 0 Å². The van der Waals surface area contributed by atoms with Gasteiger partial charge in [-0.05, 0) is 31.2 Å². The van der Waals surface area contributed by atoms with Crippen molar-refractivity contribution in [3.63, 3.8) is 0 Å². The Hall–Kier alpha value is -2.10. The third kappa shape index (κ3) is 3.02. The molecule has 0 unspecified atom stereocenters. The zero-order valence-electron chi connectivity index (χ0n) is 11.6. The first-order chi connectivity index (χ1) is 9.28. The predicted molar refractivity (Wildman–Crippen MR) is 77.0 cm³/mol. The molecule has 4 heteroatoms. The summed E-state index contributed by atoms with van der Waals surface area (Å²) in [4.78, 5) is 0. The lowest BCUT2D eigenvalue weighted by molar-refractivity contribution is 0.355. The Morgan fingerprint density at radius 2 is 1.89 bits per heavy atom. The van der Waals surface area contributed by atoms with Crippen molar-refractivity contribution >= 4 is 5.69 Å². The molecular weight excluding hydrogens is 240 g/mol. The van der Waals surface area contributed by atoms with E-state index in [2.05, 4.69) is 35.1 Å². The van der Waals surface area contributed by atoms with E-state index in [4.69, 9.17) is 9.47 Å². The van der Waals surface area contributed by atoms with Crippen LogP contribution in [0.3, 0.4) is 0 Å². The normalized spacial score (nSPS) is 10.3. The van der Waals surface area contributed by atoms with Gasteiger partial charge in [-0.25, -0.2) is 0 Å². The smallest absolute Gasteiger partial charge is 0.162 e. The van der Waals surface area contributed by atoms with E-state index in [0.29, 0.717) is 0 Å². The number of aromatic nitrogens is 1. The zero-order valence-corrected chi connectivity index (χ0v) is 11.6. The highest BCUT2D eigenvalue weighted by Crippen LogP contribution is 2.29. The molecule has 0 aliphatic heterocycles. The molecular formula is C15H20N2O2. The fraction of sp³-hybridized carbons (Fsp3) is 0.333. The summed E-state index contributed by atoms with van der Waals surface area (Å²) in [5.41, 5.74) is 2.28. The zero-order chi connectivity index (χ0) is 13.7. The third-order valence-corrected chi connectivity index (χ3v) is 3.12. The molecule has 0 aliphatic carbocycles. The van der Waals surface area contributed by atoms with Gasteiger partial charge in [0.25, 0.3) is 0 Å². The van der Waals surface area contributed by atoms with Crippen LogP contribution in [-0.2, 0) is 13.1 Å². The van der Waals surface area contributed by atoms with Crippen LogP contribution in [0.1, 0.15) is 12.6 Å². The molecule has 19 heavy (non-hydrogen) atoms. The Labute approximate surface area is 114 Å². The van der Waals surface area contributed by atoms with Gasteiger partial charge in [-0.3, -0.25) is 0 Å². The van der Waals surface area contributed by atoms with E-state index in [1.54, 1.807) is 14.2 Å². The molecule has 0 radical (unpaired) electrons. The van der Waals surface area contributed by atoms with Crippen LogP contribution in [0.2, 0.25) is 0 Å². The molecule has 0 saturated heterocycles. The lowest BCUT2D eigenvalue weighted by atomic mass is 10.2. The van der Waals surface area contributed by atoms with Crippen molar-refractivity contribution in [1.82, 2.24) is 4.57 Å². The number of hydrogen-bond donors (Lipinski definition) is 1. The van der Waals surface area contributed by atoms with Gasteiger partial charge in [0.05, 0.1) is 20.8 Å². The van der Waals surface area contributed by atoms with Gasteiger partial charge in [-0.1, -0.05) is 0 Å². The van der Waals surface area contributed by atoms with E-state index >= 15 is 0 Å². The summed E-state index contributed by atoms with van der Waals surface area (Å²) < 4.78 is 12.7. The number of benzene rings is 1. The highest BCUT2D eigenvalue weighted by molar-refractivity contribution is 5.54. The van der Waals surface area contributed by atoms with Gasteiger partial charge in [0.2, 0.25) is 0 Å². The van der Waals surface area contributed by atoms with Gasteiger partial charge in [0, 0.05) is 30.2 Å². The molecule has 4 nitrogen and oxygen atoms in total. The molecule has 0 aliphatic rings. The molecule has 0 atom stereocenters. The summed E-state index contributed by atoms with van der Waals surface area (Å²) >= 11 is 0. The molecule has 0 fully saturated rings. The number of aryl methyl sites for hydroxylation is 1. The maximum atomic E-state index is 5.29. The fourth-order valence-electron chi connectivity index (χ4n) is 2.06. The molecule has 0 bridgehead atoms. The Kier molecular flexibility index (Phi) is 4.34. The summed E-state index contributed by atoms with van der Waals surface area (Å²) in [7, 11) is 3.28. The molecule has 1 aromatic heterocycles. The van der Waals surface area contributed by atoms with E-state index in [1.807, 2.05) is 18.2 Å². The van der Waals surface area contributed by atoms with Gasteiger partial charge in [0.15, 0.2) is 11.5 Å². The predicted octanol–water partition coefficient (Wildman–Crippen LogP) is 3.14. The number of nitrogens with one attached hydrogen (secondary N) is 1. The second-order valence-electron chi connectivity index (χ2n) is 4.21. The summed E-state index contributed by atoms with van der Waals surface area (Å²) in [6.45, 7) is 3.91. The van der Waals surface area contributed by atoms with Crippen molar-refractivity contribution in [3.8, 4) is 11.5 Å². The summed E-state index contributed by atoms with van der Waals surface area (Å²) in [6, 6.07) is 10.0. The average molecular weight is 260 g/mol. The third-order valence-electron chi connectivity index (χ3n) is 3.12. The van der Waals surface area contributed by atoms with Crippen molar-refractivity contribution in [2.24, 2.45) is 0 Å². The standard InChI is InChI=1S/C15H20N2O2/c1-4-17-9-5-6-13(17)11-16-12-7-8-14(18-2)15(10-12)19-3/h5-10,16H,4,11H2,1-3H3. The van der Waals surface area contributed by atoms with Crippen LogP contribution >= 0.6 is 0 Å². The van der Waals surface area contributed by atoms with Crippen LogP contribution in [0.15, 0.2) is 36.5 Å². The first kappa shape index (κ1) is 13.3. The molecule has 1 N–H and O–H groups in total. The van der Waals surface area contributed by atoms with E-state index in [-0.39, 0.29) is 0 Å². The minimum Gasteiger partial charge on any atom is -0.493 e. The molecule has 102 valence electrons. The van der Waals surface area contributed by atoms with E-state index in [1.165, 1.54) is 5.69 Å². The Morgan fingerprint density at radius 1 is 1.11 bits per heavy atom. The van der Waals surface area contributed by atoms with Crippen LogP contribution in [0.5, 0.6) is 11.5 Å². The lowest BCUT2D eigenvalue weighted by Gasteiger charge is -2.12.